The van der Waals surface area contributed by atoms with Crippen LogP contribution in [-0.4, -0.2) is 37.1 Å². The van der Waals surface area contributed by atoms with Crippen molar-refractivity contribution in [3.05, 3.63) is 59.4 Å². The van der Waals surface area contributed by atoms with Crippen LogP contribution in [0.4, 0.5) is 15.8 Å². The smallest absolute Gasteiger partial charge is 0.270 e. The third kappa shape index (κ3) is 4.16. The summed E-state index contributed by atoms with van der Waals surface area (Å²) in [5, 5.41) is 2.49. The second-order valence-electron chi connectivity index (χ2n) is 7.39. The van der Waals surface area contributed by atoms with E-state index in [2.05, 4.69) is 5.32 Å². The van der Waals surface area contributed by atoms with E-state index in [1.54, 1.807) is 36.4 Å². The number of piperidine rings is 1. The normalized spacial score (nSPS) is 18.4. The number of ether oxygens (including phenoxy) is 1. The summed E-state index contributed by atoms with van der Waals surface area (Å²) >= 11 is 5.22. The number of carbonyl (C=O) groups is 2. The molecule has 0 unspecified atom stereocenters. The zero-order valence-corrected chi connectivity index (χ0v) is 17.9. The first-order chi connectivity index (χ1) is 15.0. The van der Waals surface area contributed by atoms with Crippen LogP contribution >= 0.6 is 12.2 Å². The minimum Gasteiger partial charge on any atom is -0.495 e. The number of thiocarbonyl (C=S) groups is 1. The zero-order valence-electron chi connectivity index (χ0n) is 17.1. The number of nitrogens with one attached hydrogen (secondary N) is 1. The molecular weight excluding hydrogens is 417 g/mol. The summed E-state index contributed by atoms with van der Waals surface area (Å²) in [6.45, 7) is 1.65. The quantitative estimate of drug-likeness (QED) is 0.448. The Labute approximate surface area is 185 Å². The van der Waals surface area contributed by atoms with Gasteiger partial charge in [-0.05, 0) is 67.4 Å². The Bertz CT molecular complexity index is 1080. The van der Waals surface area contributed by atoms with Gasteiger partial charge >= 0.3 is 0 Å². The number of hydrogen-bond acceptors (Lipinski definition) is 5. The van der Waals surface area contributed by atoms with Crippen LogP contribution in [-0.2, 0) is 9.59 Å². The molecule has 2 aliphatic heterocycles. The van der Waals surface area contributed by atoms with Crippen LogP contribution in [0, 0.1) is 5.82 Å². The molecule has 6 nitrogen and oxygen atoms in total. The fraction of sp³-hybridized carbons (Fsp3) is 0.261. The Kier molecular flexibility index (Phi) is 5.99. The maximum atomic E-state index is 14.8. The van der Waals surface area contributed by atoms with Gasteiger partial charge in [-0.3, -0.25) is 14.9 Å². The lowest BCUT2D eigenvalue weighted by atomic mass is 10.0. The number of rotatable bonds is 4. The largest absolute Gasteiger partial charge is 0.495 e. The highest BCUT2D eigenvalue weighted by atomic mass is 32.1. The Morgan fingerprint density at radius 2 is 1.81 bits per heavy atom. The van der Waals surface area contributed by atoms with Gasteiger partial charge in [-0.2, -0.15) is 0 Å². The number of nitrogens with zero attached hydrogens (tertiary/aromatic N) is 2. The van der Waals surface area contributed by atoms with Crippen molar-refractivity contribution in [2.45, 2.75) is 19.3 Å². The Morgan fingerprint density at radius 3 is 2.52 bits per heavy atom. The lowest BCUT2D eigenvalue weighted by Crippen LogP contribution is -2.54. The molecule has 0 spiro atoms. The van der Waals surface area contributed by atoms with Crippen molar-refractivity contribution in [3.63, 3.8) is 0 Å². The van der Waals surface area contributed by atoms with Gasteiger partial charge in [0.05, 0.1) is 18.5 Å². The van der Waals surface area contributed by atoms with Crippen molar-refractivity contribution in [1.82, 2.24) is 5.32 Å². The number of amides is 2. The average Bonchev–Trinajstić information content (AvgIpc) is 2.77. The van der Waals surface area contributed by atoms with Gasteiger partial charge in [0.1, 0.15) is 17.1 Å². The number of carbonyl (C=O) groups excluding carboxylic acids is 2. The van der Waals surface area contributed by atoms with E-state index in [0.29, 0.717) is 22.7 Å². The monoisotopic (exact) mass is 439 g/mol. The number of methoxy groups -OCH3 is 1. The number of benzene rings is 2. The van der Waals surface area contributed by atoms with E-state index in [-0.39, 0.29) is 16.5 Å². The van der Waals surface area contributed by atoms with Gasteiger partial charge < -0.3 is 9.64 Å². The minimum absolute atomic E-state index is 0.0386. The highest BCUT2D eigenvalue weighted by Crippen LogP contribution is 2.31. The van der Waals surface area contributed by atoms with Gasteiger partial charge in [0.2, 0.25) is 0 Å². The van der Waals surface area contributed by atoms with E-state index in [1.807, 2.05) is 4.90 Å². The van der Waals surface area contributed by atoms with Gasteiger partial charge in [-0.1, -0.05) is 18.2 Å². The number of hydrogen-bond donors (Lipinski definition) is 1. The van der Waals surface area contributed by atoms with Crippen LogP contribution in [0.25, 0.3) is 6.08 Å². The summed E-state index contributed by atoms with van der Waals surface area (Å²) in [7, 11) is 1.48. The van der Waals surface area contributed by atoms with Crippen molar-refractivity contribution in [2.75, 3.05) is 30.0 Å². The molecule has 0 radical (unpaired) electrons. The second kappa shape index (κ2) is 8.85. The summed E-state index contributed by atoms with van der Waals surface area (Å²) < 4.78 is 20.1. The first kappa shape index (κ1) is 21.0. The lowest BCUT2D eigenvalue weighted by molar-refractivity contribution is -0.122. The molecular formula is C23H22FN3O3S. The first-order valence-electron chi connectivity index (χ1n) is 10.1. The van der Waals surface area contributed by atoms with Crippen molar-refractivity contribution in [1.29, 1.82) is 0 Å². The van der Waals surface area contributed by atoms with Crippen LogP contribution in [0.15, 0.2) is 48.0 Å². The number of para-hydroxylation sites is 2. The molecule has 2 saturated heterocycles. The Hall–Kier alpha value is -3.26. The van der Waals surface area contributed by atoms with Gasteiger partial charge in [0.25, 0.3) is 11.8 Å². The first-order valence-corrected chi connectivity index (χ1v) is 10.5. The average molecular weight is 440 g/mol. The third-order valence-corrected chi connectivity index (χ3v) is 5.69. The molecule has 0 saturated carbocycles. The second-order valence-corrected chi connectivity index (χ2v) is 7.77. The van der Waals surface area contributed by atoms with E-state index >= 15 is 0 Å². The molecule has 0 atom stereocenters. The topological polar surface area (TPSA) is 61.9 Å². The lowest BCUT2D eigenvalue weighted by Gasteiger charge is -2.30. The van der Waals surface area contributed by atoms with Gasteiger partial charge in [-0.25, -0.2) is 9.29 Å². The number of anilines is 2. The predicted molar refractivity (Wildman–Crippen MR) is 122 cm³/mol. The third-order valence-electron chi connectivity index (χ3n) is 5.41. The van der Waals surface area contributed by atoms with Gasteiger partial charge in [0, 0.05) is 13.1 Å². The highest BCUT2D eigenvalue weighted by molar-refractivity contribution is 7.80. The summed E-state index contributed by atoms with van der Waals surface area (Å²) in [5.74, 6) is -1.16. The molecule has 31 heavy (non-hydrogen) atoms. The predicted octanol–water partition coefficient (Wildman–Crippen LogP) is 3.66. The molecule has 2 fully saturated rings. The van der Waals surface area contributed by atoms with Crippen LogP contribution in [0.3, 0.4) is 0 Å². The van der Waals surface area contributed by atoms with Crippen molar-refractivity contribution >= 4 is 46.6 Å². The van der Waals surface area contributed by atoms with Crippen LogP contribution < -0.4 is 19.9 Å². The summed E-state index contributed by atoms with van der Waals surface area (Å²) in [6.07, 6.45) is 4.62. The molecule has 4 rings (SSSR count). The molecule has 2 amide bonds. The fourth-order valence-electron chi connectivity index (χ4n) is 3.86. The molecule has 2 aromatic carbocycles. The molecule has 160 valence electrons. The van der Waals surface area contributed by atoms with E-state index in [9.17, 15) is 14.0 Å². The fourth-order valence-corrected chi connectivity index (χ4v) is 4.14. The van der Waals surface area contributed by atoms with E-state index in [0.717, 1.165) is 32.4 Å². The zero-order chi connectivity index (χ0) is 22.0. The molecule has 2 aromatic rings. The maximum absolute atomic E-state index is 14.8. The SMILES string of the molecule is COc1ccccc1N1C(=O)/C(=C/c2ccc(N3CCCCC3)c(F)c2)C(=O)NC1=S. The highest BCUT2D eigenvalue weighted by Gasteiger charge is 2.35. The molecule has 0 aromatic heterocycles. The Morgan fingerprint density at radius 1 is 1.06 bits per heavy atom. The molecule has 0 aliphatic carbocycles. The summed E-state index contributed by atoms with van der Waals surface area (Å²) in [5.41, 5.74) is 1.24. The van der Waals surface area contributed by atoms with Crippen LogP contribution in [0.2, 0.25) is 0 Å². The van der Waals surface area contributed by atoms with Gasteiger partial charge in [-0.15, -0.1) is 0 Å². The number of halogens is 1. The van der Waals surface area contributed by atoms with E-state index < -0.39 is 11.8 Å². The molecule has 1 N–H and O–H groups in total. The summed E-state index contributed by atoms with van der Waals surface area (Å²) in [6, 6.07) is 11.6. The van der Waals surface area contributed by atoms with Gasteiger partial charge in [0.15, 0.2) is 5.11 Å². The van der Waals surface area contributed by atoms with Crippen molar-refractivity contribution in [3.8, 4) is 5.75 Å². The summed E-state index contributed by atoms with van der Waals surface area (Å²) in [4.78, 5) is 28.9. The van der Waals surface area contributed by atoms with Crippen molar-refractivity contribution < 1.29 is 18.7 Å². The van der Waals surface area contributed by atoms with E-state index in [4.69, 9.17) is 17.0 Å². The minimum atomic E-state index is -0.623. The van der Waals surface area contributed by atoms with Crippen molar-refractivity contribution in [2.24, 2.45) is 0 Å². The molecule has 2 heterocycles. The maximum Gasteiger partial charge on any atom is 0.270 e. The Balaban J connectivity index is 1.66. The van der Waals surface area contributed by atoms with Crippen LogP contribution in [0.1, 0.15) is 24.8 Å². The molecule has 0 bridgehead atoms. The molecule has 2 aliphatic rings. The van der Waals surface area contributed by atoms with Crippen LogP contribution in [0.5, 0.6) is 5.75 Å². The van der Waals surface area contributed by atoms with E-state index in [1.165, 1.54) is 24.2 Å². The molecule has 8 heteroatoms. The standard InChI is InChI=1S/C23H22FN3O3S/c1-30-20-8-4-3-7-19(20)27-22(29)16(21(28)25-23(27)31)13-15-9-10-18(17(24)14-15)26-11-5-2-6-12-26/h3-4,7-10,13-14H,2,5-6,11-12H2,1H3,(H,25,28,31)/b16-13+.